The Bertz CT molecular complexity index is 334. The van der Waals surface area contributed by atoms with Gasteiger partial charge in [0, 0.05) is 26.1 Å². The van der Waals surface area contributed by atoms with Gasteiger partial charge in [0.05, 0.1) is 12.6 Å². The van der Waals surface area contributed by atoms with Crippen molar-refractivity contribution in [3.63, 3.8) is 0 Å². The molecule has 20 heavy (non-hydrogen) atoms. The van der Waals surface area contributed by atoms with Crippen molar-refractivity contribution in [3.05, 3.63) is 0 Å². The Labute approximate surface area is 121 Å². The third-order valence-corrected chi connectivity index (χ3v) is 4.20. The zero-order valence-corrected chi connectivity index (χ0v) is 12.4. The van der Waals surface area contributed by atoms with Crippen LogP contribution in [-0.2, 0) is 14.3 Å². The topological polar surface area (TPSA) is 58.6 Å². The van der Waals surface area contributed by atoms with Crippen molar-refractivity contribution < 1.29 is 14.3 Å². The average Bonchev–Trinajstić information content (AvgIpc) is 2.92. The summed E-state index contributed by atoms with van der Waals surface area (Å²) in [4.78, 5) is 25.3. The number of carbonyl (C=O) groups is 2. The second-order valence-corrected chi connectivity index (χ2v) is 5.94. The van der Waals surface area contributed by atoms with Crippen LogP contribution in [0.2, 0.25) is 0 Å². The van der Waals surface area contributed by atoms with Crippen LogP contribution in [-0.4, -0.2) is 48.6 Å². The van der Waals surface area contributed by atoms with E-state index in [0.29, 0.717) is 12.6 Å². The van der Waals surface area contributed by atoms with E-state index >= 15 is 0 Å². The van der Waals surface area contributed by atoms with Gasteiger partial charge in [0.1, 0.15) is 0 Å². The second kappa shape index (κ2) is 7.62. The van der Waals surface area contributed by atoms with Crippen molar-refractivity contribution in [1.82, 2.24) is 10.2 Å². The molecule has 2 rings (SSSR count). The van der Waals surface area contributed by atoms with Crippen LogP contribution in [0.3, 0.4) is 0 Å². The van der Waals surface area contributed by atoms with Gasteiger partial charge < -0.3 is 15.0 Å². The third-order valence-electron chi connectivity index (χ3n) is 4.20. The van der Waals surface area contributed by atoms with Crippen LogP contribution < -0.4 is 5.32 Å². The van der Waals surface area contributed by atoms with Gasteiger partial charge in [-0.05, 0) is 25.7 Å². The Morgan fingerprint density at radius 2 is 1.90 bits per heavy atom. The van der Waals surface area contributed by atoms with E-state index in [2.05, 4.69) is 5.32 Å². The number of hydrogen-bond donors (Lipinski definition) is 1. The zero-order chi connectivity index (χ0) is 14.4. The van der Waals surface area contributed by atoms with Crippen LogP contribution in [0.4, 0.5) is 0 Å². The molecule has 2 amide bonds. The SMILES string of the molecule is CC(=O)N(CC(=O)NC1CCCCC1)CC1CCCO1. The number of carbonyl (C=O) groups excluding carboxylic acids is 2. The van der Waals surface area contributed by atoms with Crippen molar-refractivity contribution in [2.45, 2.75) is 64.0 Å². The molecule has 1 saturated carbocycles. The van der Waals surface area contributed by atoms with Gasteiger partial charge in [0.15, 0.2) is 0 Å². The lowest BCUT2D eigenvalue weighted by Gasteiger charge is -2.26. The summed E-state index contributed by atoms with van der Waals surface area (Å²) >= 11 is 0. The molecular formula is C15H26N2O3. The molecule has 0 radical (unpaired) electrons. The van der Waals surface area contributed by atoms with Crippen molar-refractivity contribution in [1.29, 1.82) is 0 Å². The van der Waals surface area contributed by atoms with Crippen molar-refractivity contribution in [2.75, 3.05) is 19.7 Å². The fraction of sp³-hybridized carbons (Fsp3) is 0.867. The third kappa shape index (κ3) is 4.78. The fourth-order valence-corrected chi connectivity index (χ4v) is 3.03. The maximum absolute atomic E-state index is 12.1. The van der Waals surface area contributed by atoms with Gasteiger partial charge >= 0.3 is 0 Å². The summed E-state index contributed by atoms with van der Waals surface area (Å²) in [7, 11) is 0. The second-order valence-electron chi connectivity index (χ2n) is 5.94. The minimum absolute atomic E-state index is 0.0369. The molecule has 1 saturated heterocycles. The average molecular weight is 282 g/mol. The minimum Gasteiger partial charge on any atom is -0.376 e. The Hall–Kier alpha value is -1.10. The predicted molar refractivity (Wildman–Crippen MR) is 76.2 cm³/mol. The molecule has 0 spiro atoms. The first kappa shape index (κ1) is 15.3. The monoisotopic (exact) mass is 282 g/mol. The molecule has 0 aromatic heterocycles. The standard InChI is InChI=1S/C15H26N2O3/c1-12(18)17(10-14-8-5-9-20-14)11-15(19)16-13-6-3-2-4-7-13/h13-14H,2-11H2,1H3,(H,16,19). The number of ether oxygens (including phenoxy) is 1. The van der Waals surface area contributed by atoms with E-state index in [1.54, 1.807) is 4.90 Å². The molecule has 1 aliphatic carbocycles. The first-order valence-electron chi connectivity index (χ1n) is 7.81. The summed E-state index contributed by atoms with van der Waals surface area (Å²) in [6.07, 6.45) is 7.91. The van der Waals surface area contributed by atoms with E-state index in [4.69, 9.17) is 4.74 Å². The van der Waals surface area contributed by atoms with Gasteiger partial charge in [-0.15, -0.1) is 0 Å². The molecule has 5 heteroatoms. The largest absolute Gasteiger partial charge is 0.376 e. The fourth-order valence-electron chi connectivity index (χ4n) is 3.03. The highest BCUT2D eigenvalue weighted by Gasteiger charge is 2.23. The molecule has 114 valence electrons. The van der Waals surface area contributed by atoms with Gasteiger partial charge in [-0.25, -0.2) is 0 Å². The quantitative estimate of drug-likeness (QED) is 0.830. The number of rotatable bonds is 5. The summed E-state index contributed by atoms with van der Waals surface area (Å²) in [5, 5.41) is 3.06. The maximum Gasteiger partial charge on any atom is 0.239 e. The highest BCUT2D eigenvalue weighted by molar-refractivity contribution is 5.83. The van der Waals surface area contributed by atoms with E-state index in [1.165, 1.54) is 26.2 Å². The smallest absolute Gasteiger partial charge is 0.239 e. The number of nitrogens with one attached hydrogen (secondary N) is 1. The first-order chi connectivity index (χ1) is 9.65. The molecule has 2 aliphatic rings. The number of amides is 2. The van der Waals surface area contributed by atoms with Crippen LogP contribution in [0.5, 0.6) is 0 Å². The van der Waals surface area contributed by atoms with Crippen molar-refractivity contribution in [2.24, 2.45) is 0 Å². The van der Waals surface area contributed by atoms with Gasteiger partial charge in [-0.1, -0.05) is 19.3 Å². The molecule has 0 aromatic rings. The molecule has 1 N–H and O–H groups in total. The molecule has 2 fully saturated rings. The van der Waals surface area contributed by atoms with Crippen LogP contribution in [0.25, 0.3) is 0 Å². The van der Waals surface area contributed by atoms with Gasteiger partial charge in [0.25, 0.3) is 0 Å². The van der Waals surface area contributed by atoms with E-state index in [0.717, 1.165) is 32.3 Å². The van der Waals surface area contributed by atoms with Crippen LogP contribution in [0.15, 0.2) is 0 Å². The van der Waals surface area contributed by atoms with E-state index in [9.17, 15) is 9.59 Å². The summed E-state index contributed by atoms with van der Waals surface area (Å²) in [6.45, 7) is 2.98. The Morgan fingerprint density at radius 3 is 2.50 bits per heavy atom. The molecule has 5 nitrogen and oxygen atoms in total. The van der Waals surface area contributed by atoms with E-state index in [-0.39, 0.29) is 24.5 Å². The summed E-state index contributed by atoms with van der Waals surface area (Å²) < 4.78 is 5.54. The Balaban J connectivity index is 1.77. The summed E-state index contributed by atoms with van der Waals surface area (Å²) in [5.74, 6) is -0.0932. The van der Waals surface area contributed by atoms with Crippen molar-refractivity contribution >= 4 is 11.8 Å². The normalized spacial score (nSPS) is 23.6. The molecule has 1 aliphatic heterocycles. The van der Waals surface area contributed by atoms with E-state index in [1.807, 2.05) is 0 Å². The lowest BCUT2D eigenvalue weighted by atomic mass is 9.95. The molecule has 1 atom stereocenters. The highest BCUT2D eigenvalue weighted by Crippen LogP contribution is 2.17. The number of nitrogens with zero attached hydrogens (tertiary/aromatic N) is 1. The highest BCUT2D eigenvalue weighted by atomic mass is 16.5. The van der Waals surface area contributed by atoms with Crippen molar-refractivity contribution in [3.8, 4) is 0 Å². The van der Waals surface area contributed by atoms with Crippen LogP contribution in [0.1, 0.15) is 51.9 Å². The first-order valence-corrected chi connectivity index (χ1v) is 7.81. The van der Waals surface area contributed by atoms with Gasteiger partial charge in [-0.2, -0.15) is 0 Å². The predicted octanol–water partition coefficient (Wildman–Crippen LogP) is 1.46. The summed E-state index contributed by atoms with van der Waals surface area (Å²) in [6, 6.07) is 0.299. The maximum atomic E-state index is 12.1. The number of hydrogen-bond acceptors (Lipinski definition) is 3. The van der Waals surface area contributed by atoms with Gasteiger partial charge in [0.2, 0.25) is 11.8 Å². The molecule has 1 unspecified atom stereocenters. The Kier molecular flexibility index (Phi) is 5.83. The lowest BCUT2D eigenvalue weighted by Crippen LogP contribution is -2.46. The van der Waals surface area contributed by atoms with Gasteiger partial charge in [-0.3, -0.25) is 9.59 Å². The molecule has 0 aromatic carbocycles. The van der Waals surface area contributed by atoms with Crippen LogP contribution >= 0.6 is 0 Å². The molecular weight excluding hydrogens is 256 g/mol. The van der Waals surface area contributed by atoms with E-state index < -0.39 is 0 Å². The Morgan fingerprint density at radius 1 is 1.15 bits per heavy atom. The molecule has 1 heterocycles. The molecule has 0 bridgehead atoms. The minimum atomic E-state index is -0.0562. The lowest BCUT2D eigenvalue weighted by molar-refractivity contribution is -0.136. The van der Waals surface area contributed by atoms with Crippen LogP contribution in [0, 0.1) is 0 Å². The zero-order valence-electron chi connectivity index (χ0n) is 12.4. The summed E-state index contributed by atoms with van der Waals surface area (Å²) in [5.41, 5.74) is 0.